The molecule has 1 aromatic carbocycles. The molecule has 1 aromatic rings. The van der Waals surface area contributed by atoms with E-state index in [9.17, 15) is 14.4 Å². The zero-order chi connectivity index (χ0) is 30.8. The molecule has 1 saturated heterocycles. The van der Waals surface area contributed by atoms with E-state index in [1.54, 1.807) is 0 Å². The molecule has 11 nitrogen and oxygen atoms in total. The third-order valence-corrected chi connectivity index (χ3v) is 8.78. The topological polar surface area (TPSA) is 116 Å². The van der Waals surface area contributed by atoms with Crippen LogP contribution in [-0.4, -0.2) is 102 Å². The maximum absolute atomic E-state index is 13.7. The summed E-state index contributed by atoms with van der Waals surface area (Å²) in [5.74, 6) is 0.622. The van der Waals surface area contributed by atoms with Gasteiger partial charge < -0.3 is 25.0 Å². The van der Waals surface area contributed by atoms with E-state index in [-0.39, 0.29) is 11.7 Å². The predicted octanol–water partition coefficient (Wildman–Crippen LogP) is 3.85. The summed E-state index contributed by atoms with van der Waals surface area (Å²) in [5, 5.41) is 12.1. The molecule has 3 amide bonds. The second-order valence-electron chi connectivity index (χ2n) is 12.3. The Labute approximate surface area is 260 Å². The quantitative estimate of drug-likeness (QED) is 0.341. The van der Waals surface area contributed by atoms with Crippen molar-refractivity contribution in [1.29, 1.82) is 0 Å². The number of ether oxygens (including phenoxy) is 2. The number of carbonyl (C=O) groups is 3. The number of nitrogens with zero attached hydrogens (tertiary/aromatic N) is 4. The van der Waals surface area contributed by atoms with Gasteiger partial charge in [-0.25, -0.2) is 4.79 Å². The Balaban J connectivity index is 1.44. The smallest absolute Gasteiger partial charge is 0.343 e. The molecule has 1 saturated carbocycles. The second-order valence-corrected chi connectivity index (χ2v) is 13.4. The van der Waals surface area contributed by atoms with Crippen molar-refractivity contribution in [2.24, 2.45) is 11.0 Å². The van der Waals surface area contributed by atoms with Crippen LogP contribution in [0.5, 0.6) is 0 Å². The number of amides is 3. The normalized spacial score (nSPS) is 20.6. The number of hydrogen-bond donors (Lipinski definition) is 2. The van der Waals surface area contributed by atoms with E-state index in [0.29, 0.717) is 48.1 Å². The Kier molecular flexibility index (Phi) is 12.3. The summed E-state index contributed by atoms with van der Waals surface area (Å²) in [4.78, 5) is 44.7. The fraction of sp³-hybridized carbons (Fsp3) is 0.677. The summed E-state index contributed by atoms with van der Waals surface area (Å²) in [6.07, 6.45) is 3.81. The lowest BCUT2D eigenvalue weighted by Gasteiger charge is -2.39. The van der Waals surface area contributed by atoms with Crippen molar-refractivity contribution in [3.05, 3.63) is 35.4 Å². The Morgan fingerprint density at radius 3 is 2.42 bits per heavy atom. The molecule has 2 fully saturated rings. The van der Waals surface area contributed by atoms with Crippen molar-refractivity contribution in [2.45, 2.75) is 77.2 Å². The number of nitrogens with one attached hydrogen (secondary N) is 2. The van der Waals surface area contributed by atoms with Crippen LogP contribution in [0.4, 0.5) is 4.79 Å². The Morgan fingerprint density at radius 1 is 1.07 bits per heavy atom. The Hall–Kier alpha value is -2.67. The number of urea groups is 1. The first-order valence-corrected chi connectivity index (χ1v) is 16.5. The zero-order valence-corrected chi connectivity index (χ0v) is 26.9. The molecule has 3 aliphatic rings. The lowest BCUT2D eigenvalue weighted by Crippen LogP contribution is -2.64. The number of ketones is 1. The molecular formula is C31H48N6O5S. The highest BCUT2D eigenvalue weighted by Crippen LogP contribution is 2.29. The van der Waals surface area contributed by atoms with Gasteiger partial charge in [0.05, 0.1) is 13.2 Å². The van der Waals surface area contributed by atoms with Crippen LogP contribution in [0.1, 0.15) is 74.7 Å². The van der Waals surface area contributed by atoms with Crippen LogP contribution < -0.4 is 10.6 Å². The lowest BCUT2D eigenvalue weighted by molar-refractivity contribution is -0.131. The first-order valence-electron chi connectivity index (χ1n) is 15.5. The van der Waals surface area contributed by atoms with Gasteiger partial charge in [0.2, 0.25) is 0 Å². The highest BCUT2D eigenvalue weighted by atomic mass is 32.2. The molecule has 1 atom stereocenters. The van der Waals surface area contributed by atoms with Crippen LogP contribution in [0, 0.1) is 5.92 Å². The molecule has 0 spiro atoms. The SMILES string of the molecule is CC(C)CCC(=O)C1OC(SCCN(C)C)=NN1C(=O)NC1(NC(=O)c2ccc(CN3CCOCC3)cc2)CCCCC1. The molecule has 1 aliphatic carbocycles. The summed E-state index contributed by atoms with van der Waals surface area (Å²) >= 11 is 1.38. The number of Topliss-reactive ketones (excluding diaryl/α,β-unsaturated/α-hetero) is 1. The molecule has 2 N–H and O–H groups in total. The van der Waals surface area contributed by atoms with Crippen LogP contribution >= 0.6 is 11.8 Å². The molecule has 238 valence electrons. The van der Waals surface area contributed by atoms with Crippen molar-refractivity contribution >= 4 is 34.7 Å². The van der Waals surface area contributed by atoms with E-state index in [1.165, 1.54) is 11.8 Å². The molecule has 2 aliphatic heterocycles. The fourth-order valence-electron chi connectivity index (χ4n) is 5.36. The minimum atomic E-state index is -1.11. The van der Waals surface area contributed by atoms with E-state index in [2.05, 4.69) is 34.5 Å². The van der Waals surface area contributed by atoms with Crippen molar-refractivity contribution in [3.8, 4) is 0 Å². The second kappa shape index (κ2) is 15.9. The van der Waals surface area contributed by atoms with Crippen molar-refractivity contribution in [1.82, 2.24) is 25.4 Å². The molecule has 1 unspecified atom stereocenters. The number of hydrazone groups is 1. The molecule has 43 heavy (non-hydrogen) atoms. The van der Waals surface area contributed by atoms with Crippen molar-refractivity contribution < 1.29 is 23.9 Å². The van der Waals surface area contributed by atoms with Crippen molar-refractivity contribution in [3.63, 3.8) is 0 Å². The number of hydrogen-bond acceptors (Lipinski definition) is 9. The summed E-state index contributed by atoms with van der Waals surface area (Å²) in [6.45, 7) is 9.01. The van der Waals surface area contributed by atoms with Gasteiger partial charge in [0, 0.05) is 43.9 Å². The average Bonchev–Trinajstić information content (AvgIpc) is 3.41. The van der Waals surface area contributed by atoms with Crippen molar-refractivity contribution in [2.75, 3.05) is 52.7 Å². The summed E-state index contributed by atoms with van der Waals surface area (Å²) in [5.41, 5.74) is 0.730. The predicted molar refractivity (Wildman–Crippen MR) is 169 cm³/mol. The standard InChI is InChI=1S/C31H48N6O5S/c1-23(2)8-13-26(38)28-37(34-30(42-28)43-21-18-35(3)4)29(40)33-31(14-6-5-7-15-31)32-27(39)25-11-9-24(10-12-25)22-36-16-19-41-20-17-36/h9-12,23,28H,5-8,13-22H2,1-4H3,(H,32,39)(H,33,40). The minimum Gasteiger partial charge on any atom is -0.438 e. The Bertz CT molecular complexity index is 1120. The molecule has 2 heterocycles. The van der Waals surface area contributed by atoms with Crippen LogP contribution in [-0.2, 0) is 20.8 Å². The number of benzene rings is 1. The molecule has 0 bridgehead atoms. The first kappa shape index (κ1) is 33.2. The summed E-state index contributed by atoms with van der Waals surface area (Å²) < 4.78 is 11.4. The summed E-state index contributed by atoms with van der Waals surface area (Å²) in [6, 6.07) is 7.09. The minimum absolute atomic E-state index is 0.185. The highest BCUT2D eigenvalue weighted by Gasteiger charge is 2.42. The third kappa shape index (κ3) is 9.92. The van der Waals surface area contributed by atoms with Gasteiger partial charge in [-0.3, -0.25) is 14.5 Å². The largest absolute Gasteiger partial charge is 0.438 e. The van der Waals surface area contributed by atoms with E-state index in [0.717, 1.165) is 69.2 Å². The zero-order valence-electron chi connectivity index (χ0n) is 26.1. The number of morpholine rings is 1. The number of rotatable bonds is 12. The average molecular weight is 617 g/mol. The van der Waals surface area contributed by atoms with Gasteiger partial charge in [-0.15, -0.1) is 5.10 Å². The van der Waals surface area contributed by atoms with Gasteiger partial charge in [0.15, 0.2) is 5.78 Å². The molecule has 12 heteroatoms. The summed E-state index contributed by atoms with van der Waals surface area (Å²) in [7, 11) is 3.96. The molecular weight excluding hydrogens is 568 g/mol. The lowest BCUT2D eigenvalue weighted by atomic mass is 9.88. The van der Waals surface area contributed by atoms with E-state index in [4.69, 9.17) is 9.47 Å². The fourth-order valence-corrected chi connectivity index (χ4v) is 6.30. The van der Waals surface area contributed by atoms with E-state index in [1.807, 2.05) is 43.3 Å². The van der Waals surface area contributed by atoms with Gasteiger partial charge in [-0.05, 0) is 69.8 Å². The molecule has 0 radical (unpaired) electrons. The number of thioether (sulfide) groups is 1. The van der Waals surface area contributed by atoms with Crippen LogP contribution in [0.15, 0.2) is 29.4 Å². The number of carbonyl (C=O) groups excluding carboxylic acids is 3. The van der Waals surface area contributed by atoms with Gasteiger partial charge >= 0.3 is 6.03 Å². The van der Waals surface area contributed by atoms with E-state index >= 15 is 0 Å². The van der Waals surface area contributed by atoms with E-state index < -0.39 is 17.9 Å². The van der Waals surface area contributed by atoms with Gasteiger partial charge in [-0.1, -0.05) is 44.2 Å². The van der Waals surface area contributed by atoms with Crippen LogP contribution in [0.3, 0.4) is 0 Å². The van der Waals surface area contributed by atoms with Gasteiger partial charge in [0.25, 0.3) is 17.4 Å². The maximum Gasteiger partial charge on any atom is 0.343 e. The van der Waals surface area contributed by atoms with Gasteiger partial charge in [0.1, 0.15) is 5.66 Å². The van der Waals surface area contributed by atoms with Crippen LogP contribution in [0.25, 0.3) is 0 Å². The highest BCUT2D eigenvalue weighted by molar-refractivity contribution is 8.13. The monoisotopic (exact) mass is 616 g/mol. The maximum atomic E-state index is 13.7. The first-order chi connectivity index (χ1) is 20.6. The molecule has 4 rings (SSSR count). The van der Waals surface area contributed by atoms with Gasteiger partial charge in [-0.2, -0.15) is 5.01 Å². The Morgan fingerprint density at radius 2 is 1.77 bits per heavy atom. The van der Waals surface area contributed by atoms with Crippen LogP contribution in [0.2, 0.25) is 0 Å². The third-order valence-electron chi connectivity index (χ3n) is 7.97. The molecule has 0 aromatic heterocycles.